The van der Waals surface area contributed by atoms with Crippen molar-refractivity contribution in [3.63, 3.8) is 0 Å². The minimum atomic E-state index is -0.379. The molecule has 0 saturated carbocycles. The molecule has 3 N–H and O–H groups in total. The molecule has 0 amide bonds. The third kappa shape index (κ3) is 1.50. The van der Waals surface area contributed by atoms with Crippen molar-refractivity contribution in [3.05, 3.63) is 22.7 Å². The fraction of sp³-hybridized carbons (Fsp3) is 0.571. The molecule has 1 fully saturated rings. The summed E-state index contributed by atoms with van der Waals surface area (Å²) in [5, 5.41) is 16.8. The van der Waals surface area contributed by atoms with Crippen molar-refractivity contribution < 1.29 is 4.74 Å². The number of nitriles is 1. The molecule has 0 bridgehead atoms. The highest BCUT2D eigenvalue weighted by molar-refractivity contribution is 5.55. The molecule has 2 aliphatic heterocycles. The summed E-state index contributed by atoms with van der Waals surface area (Å²) in [6, 6.07) is 2.29. The molecule has 0 aromatic carbocycles. The summed E-state index contributed by atoms with van der Waals surface area (Å²) in [7, 11) is 2.10. The maximum atomic E-state index is 9.60. The predicted molar refractivity (Wildman–Crippen MR) is 73.7 cm³/mol. The molecule has 2 aliphatic rings. The largest absolute Gasteiger partial charge is 0.420 e. The van der Waals surface area contributed by atoms with Crippen LogP contribution in [0.4, 0.5) is 0 Å². The van der Waals surface area contributed by atoms with Gasteiger partial charge in [0.1, 0.15) is 11.6 Å². The molecule has 6 nitrogen and oxygen atoms in total. The molecule has 3 heterocycles. The molecule has 1 spiro atoms. The fourth-order valence-corrected chi connectivity index (χ4v) is 3.73. The van der Waals surface area contributed by atoms with Crippen molar-refractivity contribution >= 4 is 0 Å². The third-order valence-corrected chi connectivity index (χ3v) is 4.69. The van der Waals surface area contributed by atoms with Gasteiger partial charge in [-0.05, 0) is 32.9 Å². The van der Waals surface area contributed by atoms with E-state index >= 15 is 0 Å². The van der Waals surface area contributed by atoms with Crippen LogP contribution in [0.1, 0.15) is 24.6 Å². The third-order valence-electron chi connectivity index (χ3n) is 4.69. The first kappa shape index (κ1) is 13.0. The van der Waals surface area contributed by atoms with Crippen LogP contribution in [-0.2, 0) is 5.41 Å². The molecule has 106 valence electrons. The number of fused-ring (bicyclic) bond motifs is 2. The van der Waals surface area contributed by atoms with E-state index in [-0.39, 0.29) is 17.2 Å². The first-order valence-electron chi connectivity index (χ1n) is 6.83. The summed E-state index contributed by atoms with van der Waals surface area (Å²) in [5.41, 5.74) is 8.11. The zero-order valence-electron chi connectivity index (χ0n) is 12.0. The first-order valence-corrected chi connectivity index (χ1v) is 6.83. The monoisotopic (exact) mass is 273 g/mol. The van der Waals surface area contributed by atoms with Crippen molar-refractivity contribution in [2.45, 2.75) is 25.7 Å². The minimum Gasteiger partial charge on any atom is -0.420 e. The molecule has 0 aliphatic carbocycles. The summed E-state index contributed by atoms with van der Waals surface area (Å²) in [6.07, 6.45) is 0.852. The van der Waals surface area contributed by atoms with Crippen molar-refractivity contribution in [1.82, 2.24) is 15.1 Å². The highest BCUT2D eigenvalue weighted by atomic mass is 16.5. The Balaban J connectivity index is 2.25. The summed E-state index contributed by atoms with van der Waals surface area (Å²) in [5.74, 6) is 0.992. The zero-order chi connectivity index (χ0) is 14.5. The van der Waals surface area contributed by atoms with Crippen LogP contribution in [0.25, 0.3) is 0 Å². The molecule has 3 rings (SSSR count). The molecule has 0 radical (unpaired) electrons. The number of piperidine rings is 1. The summed E-state index contributed by atoms with van der Waals surface area (Å²) < 4.78 is 5.54. The summed E-state index contributed by atoms with van der Waals surface area (Å²) in [4.78, 5) is 2.28. The van der Waals surface area contributed by atoms with Crippen LogP contribution in [0.3, 0.4) is 0 Å². The van der Waals surface area contributed by atoms with Crippen molar-refractivity contribution in [2.75, 3.05) is 20.1 Å². The predicted octanol–water partition coefficient (Wildman–Crippen LogP) is 1.01. The van der Waals surface area contributed by atoms with Gasteiger partial charge in [-0.1, -0.05) is 6.92 Å². The van der Waals surface area contributed by atoms with E-state index in [1.165, 1.54) is 0 Å². The molecule has 20 heavy (non-hydrogen) atoms. The Morgan fingerprint density at radius 2 is 2.35 bits per heavy atom. The van der Waals surface area contributed by atoms with E-state index in [4.69, 9.17) is 10.5 Å². The number of ether oxygens (including phenoxy) is 1. The van der Waals surface area contributed by atoms with Gasteiger partial charge in [0.05, 0.1) is 0 Å². The lowest BCUT2D eigenvalue weighted by Gasteiger charge is -2.47. The number of aryl methyl sites for hydroxylation is 1. The van der Waals surface area contributed by atoms with Crippen LogP contribution >= 0.6 is 0 Å². The van der Waals surface area contributed by atoms with Gasteiger partial charge in [0, 0.05) is 23.2 Å². The van der Waals surface area contributed by atoms with Gasteiger partial charge in [-0.25, -0.2) is 0 Å². The number of aromatic nitrogens is 2. The van der Waals surface area contributed by atoms with Crippen molar-refractivity contribution in [2.24, 2.45) is 11.7 Å². The maximum absolute atomic E-state index is 9.60. The van der Waals surface area contributed by atoms with E-state index in [9.17, 15) is 5.26 Å². The Hall–Kier alpha value is -2.00. The van der Waals surface area contributed by atoms with E-state index < -0.39 is 0 Å². The van der Waals surface area contributed by atoms with Gasteiger partial charge >= 0.3 is 0 Å². The number of rotatable bonds is 0. The maximum Gasteiger partial charge on any atom is 0.244 e. The average molecular weight is 273 g/mol. The summed E-state index contributed by atoms with van der Waals surface area (Å²) in [6.45, 7) is 5.98. The number of aromatic amines is 1. The number of nitrogens with one attached hydrogen (secondary N) is 1. The Bertz CT molecular complexity index is 626. The van der Waals surface area contributed by atoms with Crippen LogP contribution < -0.4 is 10.5 Å². The fourth-order valence-electron chi connectivity index (χ4n) is 3.73. The lowest BCUT2D eigenvalue weighted by molar-refractivity contribution is 0.135. The molecule has 0 unspecified atom stereocenters. The van der Waals surface area contributed by atoms with Crippen molar-refractivity contribution in [3.8, 4) is 11.9 Å². The first-order chi connectivity index (χ1) is 9.50. The molecule has 2 atom stereocenters. The minimum absolute atomic E-state index is 0.197. The summed E-state index contributed by atoms with van der Waals surface area (Å²) >= 11 is 0. The highest BCUT2D eigenvalue weighted by Crippen LogP contribution is 2.51. The lowest BCUT2D eigenvalue weighted by atomic mass is 9.61. The second kappa shape index (κ2) is 4.25. The highest BCUT2D eigenvalue weighted by Gasteiger charge is 2.52. The molecule has 1 aromatic rings. The number of nitrogens with two attached hydrogens (primary N) is 1. The van der Waals surface area contributed by atoms with Crippen LogP contribution in [0, 0.1) is 24.2 Å². The molecule has 6 heteroatoms. The van der Waals surface area contributed by atoms with E-state index in [0.717, 1.165) is 30.8 Å². The average Bonchev–Trinajstić information content (AvgIpc) is 2.76. The van der Waals surface area contributed by atoms with Crippen LogP contribution in [0.5, 0.6) is 5.88 Å². The number of hydrogen-bond donors (Lipinski definition) is 2. The molecular formula is C14H19N5O. The van der Waals surface area contributed by atoms with Crippen molar-refractivity contribution in [1.29, 1.82) is 5.26 Å². The second-order valence-electron chi connectivity index (χ2n) is 5.87. The van der Waals surface area contributed by atoms with E-state index in [1.807, 2.05) is 6.92 Å². The smallest absolute Gasteiger partial charge is 0.244 e. The Morgan fingerprint density at radius 3 is 3.00 bits per heavy atom. The van der Waals surface area contributed by atoms with Gasteiger partial charge in [-0.2, -0.15) is 5.26 Å². The van der Waals surface area contributed by atoms with Crippen LogP contribution in [0.15, 0.2) is 11.5 Å². The standard InChI is InChI=1S/C14H19N5O/c1-8-7-19(3)5-4-14(8)10(6-15)12(16)20-13-11(14)9(2)17-18-13/h8H,4-5,7,16H2,1-3H3,(H,17,18)/t8-,14-/m1/s1. The number of hydrogen-bond acceptors (Lipinski definition) is 5. The topological polar surface area (TPSA) is 91.0 Å². The van der Waals surface area contributed by atoms with Gasteiger partial charge in [0.2, 0.25) is 11.8 Å². The number of likely N-dealkylation sites (tertiary alicyclic amines) is 1. The Kier molecular flexibility index (Phi) is 2.76. The second-order valence-corrected chi connectivity index (χ2v) is 5.87. The van der Waals surface area contributed by atoms with E-state index in [0.29, 0.717) is 11.5 Å². The van der Waals surface area contributed by atoms with Crippen LogP contribution in [0.2, 0.25) is 0 Å². The van der Waals surface area contributed by atoms with E-state index in [1.54, 1.807) is 0 Å². The zero-order valence-corrected chi connectivity index (χ0v) is 12.0. The van der Waals surface area contributed by atoms with Gasteiger partial charge in [0.15, 0.2) is 0 Å². The SMILES string of the molecule is Cc1[nH]nc2c1[C@@]1(CCN(C)C[C@H]1C)C(C#N)=C(N)O2. The number of allylic oxidation sites excluding steroid dienone is 1. The van der Waals surface area contributed by atoms with Gasteiger partial charge in [-0.3, -0.25) is 5.10 Å². The van der Waals surface area contributed by atoms with Gasteiger partial charge in [0.25, 0.3) is 0 Å². The lowest BCUT2D eigenvalue weighted by Crippen LogP contribution is -2.51. The number of H-pyrrole nitrogens is 1. The number of nitrogens with zero attached hydrogens (tertiary/aromatic N) is 3. The Morgan fingerprint density at radius 1 is 1.60 bits per heavy atom. The Labute approximate surface area is 118 Å². The van der Waals surface area contributed by atoms with E-state index in [2.05, 4.69) is 35.1 Å². The van der Waals surface area contributed by atoms with Gasteiger partial charge in [-0.15, -0.1) is 5.10 Å². The molecule has 1 aromatic heterocycles. The normalized spacial score (nSPS) is 30.0. The molecule has 1 saturated heterocycles. The van der Waals surface area contributed by atoms with Crippen LogP contribution in [-0.4, -0.2) is 35.2 Å². The van der Waals surface area contributed by atoms with Gasteiger partial charge < -0.3 is 15.4 Å². The molecular weight excluding hydrogens is 254 g/mol. The quantitative estimate of drug-likeness (QED) is 0.736.